The fraction of sp³-hybridized carbons (Fsp3) is 0.577. The number of anilines is 1. The highest BCUT2D eigenvalue weighted by Crippen LogP contribution is 2.56. The lowest BCUT2D eigenvalue weighted by Gasteiger charge is -2.48. The lowest BCUT2D eigenvalue weighted by atomic mass is 9.83. The number of carbonyl (C=O) groups excluding carboxylic acids is 2. The van der Waals surface area contributed by atoms with Gasteiger partial charge in [0.05, 0.1) is 38.5 Å². The van der Waals surface area contributed by atoms with Gasteiger partial charge >= 0.3 is 6.03 Å². The second-order valence-corrected chi connectivity index (χ2v) is 16.7. The Morgan fingerprint density at radius 1 is 1.20 bits per heavy atom. The van der Waals surface area contributed by atoms with Gasteiger partial charge in [0.2, 0.25) is 5.91 Å². The third-order valence-electron chi connectivity index (χ3n) is 8.01. The van der Waals surface area contributed by atoms with Gasteiger partial charge in [-0.25, -0.2) is 4.79 Å². The molecule has 1 atom stereocenters. The zero-order chi connectivity index (χ0) is 25.4. The minimum Gasteiger partial charge on any atom is -0.379 e. The van der Waals surface area contributed by atoms with Gasteiger partial charge in [-0.2, -0.15) is 5.10 Å². The first-order valence-electron chi connectivity index (χ1n) is 12.6. The number of amides is 3. The first-order chi connectivity index (χ1) is 16.5. The van der Waals surface area contributed by atoms with Crippen molar-refractivity contribution >= 4 is 25.8 Å². The third kappa shape index (κ3) is 4.51. The predicted octanol–water partition coefficient (Wildman–Crippen LogP) is 5.15. The summed E-state index contributed by atoms with van der Waals surface area (Å²) >= 11 is 0. The Morgan fingerprint density at radius 3 is 2.46 bits per heavy atom. The van der Waals surface area contributed by atoms with Gasteiger partial charge in [0.25, 0.3) is 0 Å². The van der Waals surface area contributed by atoms with Gasteiger partial charge in [0.1, 0.15) is 0 Å². The molecular formula is C26H39N5O3Si. The largest absolute Gasteiger partial charge is 0.379 e. The molecule has 3 N–H and O–H groups in total. The number of urea groups is 1. The number of aromatic nitrogens is 2. The first kappa shape index (κ1) is 25.4. The minimum absolute atomic E-state index is 0.0822. The van der Waals surface area contributed by atoms with Crippen LogP contribution >= 0.6 is 0 Å². The molecule has 0 bridgehead atoms. The van der Waals surface area contributed by atoms with Crippen LogP contribution in [-0.2, 0) is 21.6 Å². The van der Waals surface area contributed by atoms with E-state index in [4.69, 9.17) is 4.74 Å². The van der Waals surface area contributed by atoms with Crippen molar-refractivity contribution in [1.82, 2.24) is 20.4 Å². The van der Waals surface area contributed by atoms with E-state index in [1.165, 1.54) is 0 Å². The molecule has 2 aliphatic rings. The van der Waals surface area contributed by atoms with Crippen molar-refractivity contribution in [3.63, 3.8) is 0 Å². The van der Waals surface area contributed by atoms with Crippen molar-refractivity contribution in [3.05, 3.63) is 47.2 Å². The highest BCUT2D eigenvalue weighted by Gasteiger charge is 2.54. The van der Waals surface area contributed by atoms with E-state index >= 15 is 0 Å². The van der Waals surface area contributed by atoms with Crippen LogP contribution in [0.4, 0.5) is 10.6 Å². The number of H-pyrrole nitrogens is 1. The van der Waals surface area contributed by atoms with Gasteiger partial charge < -0.3 is 20.3 Å². The summed E-state index contributed by atoms with van der Waals surface area (Å²) in [5, 5.41) is 13.6. The molecule has 9 heteroatoms. The molecule has 1 fully saturated rings. The fourth-order valence-corrected chi connectivity index (χ4v) is 7.99. The van der Waals surface area contributed by atoms with Crippen molar-refractivity contribution < 1.29 is 14.3 Å². The summed E-state index contributed by atoms with van der Waals surface area (Å²) in [6, 6.07) is 9.43. The van der Waals surface area contributed by atoms with Crippen LogP contribution in [0.5, 0.6) is 0 Å². The smallest absolute Gasteiger partial charge is 0.319 e. The van der Waals surface area contributed by atoms with Crippen LogP contribution in [0.15, 0.2) is 30.3 Å². The number of ether oxygens (including phenoxy) is 1. The van der Waals surface area contributed by atoms with Crippen molar-refractivity contribution in [2.24, 2.45) is 0 Å². The van der Waals surface area contributed by atoms with Gasteiger partial charge in [-0.05, 0) is 39.2 Å². The Labute approximate surface area is 209 Å². The van der Waals surface area contributed by atoms with E-state index in [1.807, 2.05) is 51.1 Å². The molecule has 1 aromatic heterocycles. The Morgan fingerprint density at radius 2 is 1.89 bits per heavy atom. The molecule has 8 nitrogen and oxygen atoms in total. The van der Waals surface area contributed by atoms with Crippen LogP contribution in [-0.4, -0.2) is 48.3 Å². The second-order valence-electron chi connectivity index (χ2n) is 11.3. The number of aromatic amines is 1. The average Bonchev–Trinajstić information content (AvgIpc) is 3.27. The van der Waals surface area contributed by atoms with Crippen LogP contribution in [0.25, 0.3) is 0 Å². The number of fused-ring (bicyclic) bond motifs is 1. The van der Waals surface area contributed by atoms with E-state index in [-0.39, 0.29) is 23.0 Å². The predicted molar refractivity (Wildman–Crippen MR) is 140 cm³/mol. The summed E-state index contributed by atoms with van der Waals surface area (Å²) in [5.74, 6) is 0.630. The summed E-state index contributed by atoms with van der Waals surface area (Å²) in [5.41, 5.74) is 2.13. The van der Waals surface area contributed by atoms with Gasteiger partial charge in [0, 0.05) is 17.2 Å². The number of hydrogen-bond donors (Lipinski definition) is 3. The van der Waals surface area contributed by atoms with Gasteiger partial charge in [-0.1, -0.05) is 56.4 Å². The summed E-state index contributed by atoms with van der Waals surface area (Å²) in [6.07, 6.45) is 2.99. The zero-order valence-corrected chi connectivity index (χ0v) is 22.8. The van der Waals surface area contributed by atoms with Crippen LogP contribution in [0.1, 0.15) is 62.9 Å². The monoisotopic (exact) mass is 497 g/mol. The summed E-state index contributed by atoms with van der Waals surface area (Å²) in [4.78, 5) is 28.7. The molecule has 35 heavy (non-hydrogen) atoms. The summed E-state index contributed by atoms with van der Waals surface area (Å²) < 4.78 is 5.66. The molecule has 3 amide bonds. The van der Waals surface area contributed by atoms with E-state index < -0.39 is 13.6 Å². The number of hydrogen-bond acceptors (Lipinski definition) is 4. The Kier molecular flexibility index (Phi) is 6.85. The first-order valence-corrected chi connectivity index (χ1v) is 16.1. The van der Waals surface area contributed by atoms with Crippen molar-refractivity contribution in [2.45, 2.75) is 82.8 Å². The van der Waals surface area contributed by atoms with Gasteiger partial charge in [-0.3, -0.25) is 9.89 Å². The van der Waals surface area contributed by atoms with E-state index in [2.05, 4.69) is 40.5 Å². The quantitative estimate of drug-likeness (QED) is 0.439. The molecule has 0 spiro atoms. The molecule has 1 aliphatic heterocycles. The van der Waals surface area contributed by atoms with E-state index in [0.717, 1.165) is 36.1 Å². The number of nitrogens with one attached hydrogen (secondary N) is 3. The molecule has 0 saturated heterocycles. The molecule has 1 aliphatic carbocycles. The Hall–Kier alpha value is -2.65. The average molecular weight is 498 g/mol. The van der Waals surface area contributed by atoms with Crippen molar-refractivity contribution in [3.8, 4) is 0 Å². The summed E-state index contributed by atoms with van der Waals surface area (Å²) in [7, 11) is -1.70. The van der Waals surface area contributed by atoms with Crippen LogP contribution in [0.3, 0.4) is 0 Å². The normalized spacial score (nSPS) is 19.0. The lowest BCUT2D eigenvalue weighted by molar-refractivity contribution is -0.121. The maximum Gasteiger partial charge on any atom is 0.319 e. The van der Waals surface area contributed by atoms with Crippen molar-refractivity contribution in [2.75, 3.05) is 18.5 Å². The van der Waals surface area contributed by atoms with E-state index in [9.17, 15) is 9.59 Å². The molecule has 0 radical (unpaired) electrons. The molecule has 4 rings (SSSR count). The van der Waals surface area contributed by atoms with E-state index in [1.54, 1.807) is 4.90 Å². The van der Waals surface area contributed by atoms with Crippen LogP contribution in [0, 0.1) is 0 Å². The number of rotatable bonds is 8. The number of benzene rings is 1. The Balaban J connectivity index is 1.52. The number of nitrogens with zero attached hydrogens (tertiary/aromatic N) is 2. The van der Waals surface area contributed by atoms with Gasteiger partial charge in [0.15, 0.2) is 5.82 Å². The number of carbonyl (C=O) groups is 2. The minimum atomic E-state index is -1.70. The molecular weight excluding hydrogens is 458 g/mol. The molecule has 190 valence electrons. The molecule has 1 aromatic carbocycles. The molecule has 2 aromatic rings. The lowest BCUT2D eigenvalue weighted by Crippen LogP contribution is -2.52. The van der Waals surface area contributed by atoms with Crippen LogP contribution in [0.2, 0.25) is 24.7 Å². The zero-order valence-electron chi connectivity index (χ0n) is 21.8. The highest BCUT2D eigenvalue weighted by atomic mass is 28.3. The van der Waals surface area contributed by atoms with Gasteiger partial charge in [-0.15, -0.1) is 0 Å². The summed E-state index contributed by atoms with van der Waals surface area (Å²) in [6.45, 7) is 14.1. The topological polar surface area (TPSA) is 99.3 Å². The highest BCUT2D eigenvalue weighted by molar-refractivity contribution is 6.83. The SMILES string of the molecule is CCOCC(NC(=O)N1Cc2c(NC(=O)C3([Si](C)(C)C)CCC3)n[nH]c2C1(C)C)c1ccccc1. The molecule has 1 saturated carbocycles. The molecule has 2 heterocycles. The fourth-order valence-electron chi connectivity index (χ4n) is 5.39. The van der Waals surface area contributed by atoms with Crippen molar-refractivity contribution in [1.29, 1.82) is 0 Å². The standard InChI is InChI=1S/C26H39N5O3Si/c1-7-34-17-20(18-12-9-8-10-13-18)27-24(33)31-16-19-21(25(31,2)3)29-30-22(19)28-23(32)26(14-11-15-26)35(4,5)6/h8-10,12-13,20H,7,11,14-17H2,1-6H3,(H,27,33)(H2,28,29,30,32). The third-order valence-corrected chi connectivity index (χ3v) is 11.6. The molecule has 1 unspecified atom stereocenters. The maximum absolute atomic E-state index is 13.5. The van der Waals surface area contributed by atoms with Crippen LogP contribution < -0.4 is 10.6 Å². The Bertz CT molecular complexity index is 1070. The van der Waals surface area contributed by atoms with E-state index in [0.29, 0.717) is 25.6 Å². The second kappa shape index (κ2) is 9.42. The maximum atomic E-state index is 13.5.